The Kier molecular flexibility index (Phi) is 9.22. The Hall–Kier alpha value is -4.96. The van der Waals surface area contributed by atoms with Crippen LogP contribution in [0.15, 0.2) is 60.7 Å². The third-order valence-electron chi connectivity index (χ3n) is 10.4. The van der Waals surface area contributed by atoms with Gasteiger partial charge in [0.05, 0.1) is 12.2 Å². The predicted molar refractivity (Wildman–Crippen MR) is 201 cm³/mol. The number of Topliss-reactive ketones (excluding diaryl/α,β-unsaturated/α-hetero) is 1. The summed E-state index contributed by atoms with van der Waals surface area (Å²) in [7, 11) is 7.24. The summed E-state index contributed by atoms with van der Waals surface area (Å²) < 4.78 is 0. The average molecular weight is 679 g/mol. The van der Waals surface area contributed by atoms with Crippen molar-refractivity contribution in [1.82, 2.24) is 29.6 Å². The van der Waals surface area contributed by atoms with Gasteiger partial charge < -0.3 is 29.6 Å². The van der Waals surface area contributed by atoms with Crippen LogP contribution in [0.3, 0.4) is 0 Å². The molecule has 2 N–H and O–H groups in total. The molecule has 3 aliphatic rings. The molecule has 2 aromatic carbocycles. The Balaban J connectivity index is 0.00000261. The molecule has 3 amide bonds. The van der Waals surface area contributed by atoms with E-state index in [0.29, 0.717) is 50.5 Å². The van der Waals surface area contributed by atoms with Crippen LogP contribution in [0.4, 0.5) is 0 Å². The third-order valence-corrected chi connectivity index (χ3v) is 10.4. The summed E-state index contributed by atoms with van der Waals surface area (Å²) >= 11 is 0. The zero-order valence-corrected chi connectivity index (χ0v) is 29.4. The summed E-state index contributed by atoms with van der Waals surface area (Å²) in [5.74, 6) is -0.0143. The number of likely N-dealkylation sites (N-methyl/N-ethyl adjacent to an activating group) is 1. The molecule has 0 radical (unpaired) electrons. The smallest absolute Gasteiger partial charge is 0.269 e. The highest BCUT2D eigenvalue weighted by Gasteiger charge is 2.38. The molecular formula is C40H50N6O4. The van der Waals surface area contributed by atoms with E-state index in [4.69, 9.17) is 0 Å². The normalized spacial score (nSPS) is 19.6. The molecule has 10 heteroatoms. The first-order valence-electron chi connectivity index (χ1n) is 17.7. The first-order chi connectivity index (χ1) is 24.0. The quantitative estimate of drug-likeness (QED) is 0.224. The second-order valence-electron chi connectivity index (χ2n) is 14.6. The van der Waals surface area contributed by atoms with Crippen LogP contribution in [0.5, 0.6) is 0 Å². The van der Waals surface area contributed by atoms with Crippen LogP contribution in [0.2, 0.25) is 0 Å². The van der Waals surface area contributed by atoms with E-state index >= 15 is 0 Å². The monoisotopic (exact) mass is 678 g/mol. The number of benzene rings is 2. The molecule has 0 unspecified atom stereocenters. The van der Waals surface area contributed by atoms with Crippen molar-refractivity contribution < 1.29 is 22.0 Å². The lowest BCUT2D eigenvalue weighted by Gasteiger charge is -2.31. The van der Waals surface area contributed by atoms with E-state index in [1.165, 1.54) is 0 Å². The minimum Gasteiger partial charge on any atom is -0.352 e. The van der Waals surface area contributed by atoms with Crippen molar-refractivity contribution in [2.45, 2.75) is 32.1 Å². The number of carbonyl (C=O) groups is 4. The molecule has 2 atom stereocenters. The number of aromatic amines is 2. The Morgan fingerprint density at radius 1 is 0.720 bits per heavy atom. The number of hydrogen-bond donors (Lipinski definition) is 2. The molecule has 0 saturated heterocycles. The lowest BCUT2D eigenvalue weighted by Crippen LogP contribution is -2.40. The average Bonchev–Trinajstić information content (AvgIpc) is 3.88. The van der Waals surface area contributed by atoms with Crippen molar-refractivity contribution in [2.75, 3.05) is 60.9 Å². The van der Waals surface area contributed by atoms with E-state index < -0.39 is 0 Å². The molecule has 7 rings (SSSR count). The minimum atomic E-state index is -0.145. The number of nitrogens with zero attached hydrogens (tertiary/aromatic N) is 4. The molecule has 2 aromatic heterocycles. The van der Waals surface area contributed by atoms with E-state index in [1.54, 1.807) is 19.0 Å². The van der Waals surface area contributed by atoms with Gasteiger partial charge in [-0.2, -0.15) is 0 Å². The molecule has 0 bridgehead atoms. The maximum Gasteiger partial charge on any atom is 0.269 e. The van der Waals surface area contributed by atoms with E-state index in [0.717, 1.165) is 69.8 Å². The predicted octanol–water partition coefficient (Wildman–Crippen LogP) is 5.94. The van der Waals surface area contributed by atoms with Gasteiger partial charge in [0, 0.05) is 76.8 Å². The number of rotatable bonds is 8. The van der Waals surface area contributed by atoms with E-state index in [1.807, 2.05) is 53.1 Å². The summed E-state index contributed by atoms with van der Waals surface area (Å²) in [6, 6.07) is 16.1. The fourth-order valence-electron chi connectivity index (χ4n) is 7.76. The number of carbonyl (C=O) groups excluding carboxylic acids is 4. The molecule has 264 valence electrons. The molecule has 2 aliphatic heterocycles. The van der Waals surface area contributed by atoms with E-state index in [9.17, 15) is 19.2 Å². The van der Waals surface area contributed by atoms with Gasteiger partial charge in [0.1, 0.15) is 5.69 Å². The molecule has 10 nitrogen and oxygen atoms in total. The molecule has 4 heterocycles. The Morgan fingerprint density at radius 3 is 1.72 bits per heavy atom. The van der Waals surface area contributed by atoms with Crippen molar-refractivity contribution >= 4 is 56.5 Å². The summed E-state index contributed by atoms with van der Waals surface area (Å²) in [4.78, 5) is 66.6. The fourth-order valence-corrected chi connectivity index (χ4v) is 7.76. The zero-order valence-electron chi connectivity index (χ0n) is 29.4. The number of hydrogen-bond acceptors (Lipinski definition) is 5. The molecule has 1 aliphatic carbocycles. The Labute approximate surface area is 295 Å². The first kappa shape index (κ1) is 33.5. The van der Waals surface area contributed by atoms with Crippen molar-refractivity contribution in [3.05, 3.63) is 83.2 Å². The molecule has 1 saturated carbocycles. The van der Waals surface area contributed by atoms with Gasteiger partial charge in [0.25, 0.3) is 5.91 Å². The Bertz CT molecular complexity index is 2060. The maximum absolute atomic E-state index is 13.8. The minimum absolute atomic E-state index is 0. The molecule has 0 spiro atoms. The van der Waals surface area contributed by atoms with Gasteiger partial charge in [0.15, 0.2) is 5.78 Å². The van der Waals surface area contributed by atoms with Gasteiger partial charge in [-0.1, -0.05) is 36.4 Å². The summed E-state index contributed by atoms with van der Waals surface area (Å²) in [5, 5.41) is 1.97. The topological polar surface area (TPSA) is 113 Å². The number of nitrogens with one attached hydrogen (secondary N) is 2. The standard InChI is InChI=1S/C40H46N6O4.2H2/c1-43(2)24-37(47)35-20-27-11-9-25(18-33(27)41-35)31-7-5-15-45(22-31)38(48)29-13-14-30(17-29)39(49)46-16-6-8-32(23-46)26-10-12-28-21-36(40(50)44(3)4)42-34(28)19-26;;/h7-12,18-21,29-30,41-42H,5-6,13-17,22-24H2,1-4H3;2*1H/t29-,30+;;/m0../s1. The highest BCUT2D eigenvalue weighted by Crippen LogP contribution is 2.36. The van der Waals surface area contributed by atoms with Crippen molar-refractivity contribution in [1.29, 1.82) is 0 Å². The SMILES string of the molecule is CN(C)CC(=O)c1cc2ccc(C3=CCCN(C(=O)[C@H]4CC[C@@H](C(=O)N5CCC=C(c6ccc7cc(C(=O)N(C)C)[nH]c7c6)C5)C4)C3)cc2[nH]1.[HH].[HH]. The van der Waals surface area contributed by atoms with E-state index in [-0.39, 0.29) is 38.2 Å². The number of aromatic nitrogens is 2. The van der Waals surface area contributed by atoms with Crippen LogP contribution < -0.4 is 0 Å². The van der Waals surface area contributed by atoms with Gasteiger partial charge in [-0.05, 0) is 92.7 Å². The summed E-state index contributed by atoms with van der Waals surface area (Å²) in [6.07, 6.45) is 8.06. The van der Waals surface area contributed by atoms with Crippen LogP contribution in [0.1, 0.15) is 67.1 Å². The number of H-pyrrole nitrogens is 2. The van der Waals surface area contributed by atoms with Gasteiger partial charge in [-0.25, -0.2) is 0 Å². The van der Waals surface area contributed by atoms with Crippen LogP contribution in [-0.2, 0) is 9.59 Å². The molecule has 4 aromatic rings. The van der Waals surface area contributed by atoms with Crippen molar-refractivity contribution in [3.63, 3.8) is 0 Å². The molecular weight excluding hydrogens is 628 g/mol. The number of ketones is 1. The zero-order chi connectivity index (χ0) is 35.1. The fraction of sp³-hybridized carbons (Fsp3) is 0.400. The maximum atomic E-state index is 13.8. The third kappa shape index (κ3) is 6.76. The highest BCUT2D eigenvalue weighted by atomic mass is 16.2. The van der Waals surface area contributed by atoms with Crippen LogP contribution in [0, 0.1) is 11.8 Å². The number of fused-ring (bicyclic) bond motifs is 2. The lowest BCUT2D eigenvalue weighted by molar-refractivity contribution is -0.136. The van der Waals surface area contributed by atoms with Gasteiger partial charge in [-0.3, -0.25) is 19.2 Å². The number of amides is 3. The highest BCUT2D eigenvalue weighted by molar-refractivity contribution is 6.01. The molecule has 50 heavy (non-hydrogen) atoms. The van der Waals surface area contributed by atoms with Crippen molar-refractivity contribution in [3.8, 4) is 0 Å². The van der Waals surface area contributed by atoms with Gasteiger partial charge in [0.2, 0.25) is 11.8 Å². The second kappa shape index (κ2) is 13.7. The Morgan fingerprint density at radius 2 is 1.22 bits per heavy atom. The van der Waals surface area contributed by atoms with E-state index in [2.05, 4.69) is 46.4 Å². The second-order valence-corrected chi connectivity index (χ2v) is 14.6. The lowest BCUT2D eigenvalue weighted by atomic mass is 9.96. The largest absolute Gasteiger partial charge is 0.352 e. The van der Waals surface area contributed by atoms with Crippen LogP contribution >= 0.6 is 0 Å². The van der Waals surface area contributed by atoms with Gasteiger partial charge in [-0.15, -0.1) is 0 Å². The summed E-state index contributed by atoms with van der Waals surface area (Å²) in [6.45, 7) is 2.80. The summed E-state index contributed by atoms with van der Waals surface area (Å²) in [5.41, 5.74) is 7.28. The first-order valence-corrected chi connectivity index (χ1v) is 17.7. The van der Waals surface area contributed by atoms with Crippen LogP contribution in [0.25, 0.3) is 33.0 Å². The van der Waals surface area contributed by atoms with Gasteiger partial charge >= 0.3 is 0 Å². The van der Waals surface area contributed by atoms with Crippen molar-refractivity contribution in [2.24, 2.45) is 11.8 Å². The van der Waals surface area contributed by atoms with Crippen LogP contribution in [-0.4, -0.2) is 114 Å². The molecule has 1 fully saturated rings.